The molecule has 0 saturated carbocycles. The molecule has 1 atom stereocenters. The van der Waals surface area contributed by atoms with Gasteiger partial charge in [0, 0.05) is 6.61 Å². The first-order valence-electron chi connectivity index (χ1n) is 5.95. The molecule has 18 heavy (non-hydrogen) atoms. The third kappa shape index (κ3) is 1.76. The van der Waals surface area contributed by atoms with Crippen molar-refractivity contribution in [1.29, 1.82) is 0 Å². The van der Waals surface area contributed by atoms with E-state index in [2.05, 4.69) is 4.98 Å². The Kier molecular flexibility index (Phi) is 2.56. The molecule has 0 amide bonds. The molecule has 1 aromatic carbocycles. The fourth-order valence-corrected chi connectivity index (χ4v) is 2.23. The van der Waals surface area contributed by atoms with Crippen LogP contribution in [0.5, 0.6) is 0 Å². The lowest BCUT2D eigenvalue weighted by molar-refractivity contribution is -0.0586. The number of aromatic carboxylic acids is 1. The highest BCUT2D eigenvalue weighted by molar-refractivity contribution is 5.94. The average molecular weight is 246 g/mol. The van der Waals surface area contributed by atoms with E-state index in [-0.39, 0.29) is 6.10 Å². The Morgan fingerprint density at radius 3 is 3.00 bits per heavy atom. The predicted octanol–water partition coefficient (Wildman–Crippen LogP) is 1.83. The first-order valence-corrected chi connectivity index (χ1v) is 5.95. The zero-order valence-corrected chi connectivity index (χ0v) is 10.1. The Morgan fingerprint density at radius 1 is 1.61 bits per heavy atom. The average Bonchev–Trinajstić information content (AvgIpc) is 2.64. The number of hydrogen-bond acceptors (Lipinski definition) is 3. The molecule has 94 valence electrons. The van der Waals surface area contributed by atoms with Crippen LogP contribution in [0.2, 0.25) is 0 Å². The summed E-state index contributed by atoms with van der Waals surface area (Å²) in [6.07, 6.45) is 3.03. The molecule has 1 unspecified atom stereocenters. The summed E-state index contributed by atoms with van der Waals surface area (Å²) < 4.78 is 7.35. The number of aryl methyl sites for hydroxylation is 1. The highest BCUT2D eigenvalue weighted by atomic mass is 16.5. The van der Waals surface area contributed by atoms with Gasteiger partial charge in [-0.15, -0.1) is 0 Å². The second-order valence-electron chi connectivity index (χ2n) is 4.64. The summed E-state index contributed by atoms with van der Waals surface area (Å²) >= 11 is 0. The van der Waals surface area contributed by atoms with Gasteiger partial charge >= 0.3 is 5.97 Å². The monoisotopic (exact) mass is 246 g/mol. The summed E-state index contributed by atoms with van der Waals surface area (Å²) in [7, 11) is 0. The summed E-state index contributed by atoms with van der Waals surface area (Å²) in [5.41, 5.74) is 2.75. The number of hydrogen-bond donors (Lipinski definition) is 1. The van der Waals surface area contributed by atoms with E-state index in [1.807, 2.05) is 10.6 Å². The normalized spacial score (nSPS) is 18.8. The number of carboxylic acids is 1. The fraction of sp³-hybridized carbons (Fsp3) is 0.385. The van der Waals surface area contributed by atoms with Crippen LogP contribution in [-0.4, -0.2) is 33.3 Å². The van der Waals surface area contributed by atoms with Gasteiger partial charge in [-0.1, -0.05) is 0 Å². The van der Waals surface area contributed by atoms with Gasteiger partial charge in [-0.25, -0.2) is 9.78 Å². The summed E-state index contributed by atoms with van der Waals surface area (Å²) in [6, 6.07) is 3.51. The Balaban J connectivity index is 2.04. The van der Waals surface area contributed by atoms with Gasteiger partial charge in [0.1, 0.15) is 0 Å². The van der Waals surface area contributed by atoms with Crippen LogP contribution in [-0.2, 0) is 11.3 Å². The number of carboxylic acid groups (broad SMARTS) is 1. The third-order valence-corrected chi connectivity index (χ3v) is 3.39. The summed E-state index contributed by atoms with van der Waals surface area (Å²) in [4.78, 5) is 15.4. The molecule has 1 N–H and O–H groups in total. The van der Waals surface area contributed by atoms with Gasteiger partial charge in [0.05, 0.1) is 35.6 Å². The van der Waals surface area contributed by atoms with Gasteiger partial charge in [-0.05, 0) is 31.0 Å². The molecule has 1 aromatic heterocycles. The number of benzene rings is 1. The molecule has 3 rings (SSSR count). The van der Waals surface area contributed by atoms with Gasteiger partial charge in [0.25, 0.3) is 0 Å². The van der Waals surface area contributed by atoms with Crippen molar-refractivity contribution in [2.45, 2.75) is 26.0 Å². The van der Waals surface area contributed by atoms with E-state index in [0.29, 0.717) is 5.56 Å². The molecule has 5 nitrogen and oxygen atoms in total. The number of aromatic nitrogens is 2. The van der Waals surface area contributed by atoms with Crippen LogP contribution in [0, 0.1) is 6.92 Å². The van der Waals surface area contributed by atoms with Crippen LogP contribution in [0.3, 0.4) is 0 Å². The van der Waals surface area contributed by atoms with Crippen molar-refractivity contribution in [3.63, 3.8) is 0 Å². The molecular weight excluding hydrogens is 232 g/mol. The lowest BCUT2D eigenvalue weighted by atomic mass is 10.1. The van der Waals surface area contributed by atoms with E-state index in [4.69, 9.17) is 9.84 Å². The van der Waals surface area contributed by atoms with E-state index >= 15 is 0 Å². The maximum absolute atomic E-state index is 11.1. The van der Waals surface area contributed by atoms with E-state index in [9.17, 15) is 4.79 Å². The lowest BCUT2D eigenvalue weighted by Crippen LogP contribution is -2.30. The molecule has 0 aliphatic carbocycles. The summed E-state index contributed by atoms with van der Waals surface area (Å²) in [5.74, 6) is -0.901. The molecule has 1 aliphatic heterocycles. The largest absolute Gasteiger partial charge is 0.478 e. The van der Waals surface area contributed by atoms with E-state index < -0.39 is 5.97 Å². The van der Waals surface area contributed by atoms with Crippen molar-refractivity contribution in [2.75, 3.05) is 6.61 Å². The lowest BCUT2D eigenvalue weighted by Gasteiger charge is -2.26. The quantitative estimate of drug-likeness (QED) is 0.897. The van der Waals surface area contributed by atoms with E-state index in [0.717, 1.165) is 36.2 Å². The number of carbonyl (C=O) groups is 1. The van der Waals surface area contributed by atoms with Crippen molar-refractivity contribution in [1.82, 2.24) is 9.55 Å². The minimum absolute atomic E-state index is 0.233. The standard InChI is InChI=1S/C13H14N2O3/c1-8-4-11-12(5-10(8)13(16)17)15(7-14-11)6-9-2-3-18-9/h4-5,7,9H,2-3,6H2,1H3,(H,16,17). The first kappa shape index (κ1) is 11.2. The number of ether oxygens (including phenoxy) is 1. The van der Waals surface area contributed by atoms with Gasteiger partial charge in [0.2, 0.25) is 0 Å². The van der Waals surface area contributed by atoms with Crippen molar-refractivity contribution >= 4 is 17.0 Å². The third-order valence-electron chi connectivity index (χ3n) is 3.39. The number of nitrogens with zero attached hydrogens (tertiary/aromatic N) is 2. The summed E-state index contributed by atoms with van der Waals surface area (Å²) in [5, 5.41) is 9.14. The number of fused-ring (bicyclic) bond motifs is 1. The second-order valence-corrected chi connectivity index (χ2v) is 4.64. The van der Waals surface area contributed by atoms with Crippen LogP contribution < -0.4 is 0 Å². The van der Waals surface area contributed by atoms with Gasteiger partial charge in [-0.2, -0.15) is 0 Å². The smallest absolute Gasteiger partial charge is 0.336 e. The molecule has 5 heteroatoms. The van der Waals surface area contributed by atoms with Gasteiger partial charge in [-0.3, -0.25) is 0 Å². The number of imidazole rings is 1. The molecule has 0 bridgehead atoms. The minimum Gasteiger partial charge on any atom is -0.478 e. The maximum Gasteiger partial charge on any atom is 0.336 e. The highest BCUT2D eigenvalue weighted by Crippen LogP contribution is 2.21. The molecule has 2 heterocycles. The summed E-state index contributed by atoms with van der Waals surface area (Å²) in [6.45, 7) is 3.34. The molecule has 0 spiro atoms. The Hall–Kier alpha value is -1.88. The van der Waals surface area contributed by atoms with E-state index in [1.54, 1.807) is 19.3 Å². The zero-order chi connectivity index (χ0) is 12.7. The first-order chi connectivity index (χ1) is 8.65. The van der Waals surface area contributed by atoms with Gasteiger partial charge < -0.3 is 14.4 Å². The molecular formula is C13H14N2O3. The molecule has 1 aliphatic rings. The number of rotatable bonds is 3. The van der Waals surface area contributed by atoms with Crippen LogP contribution in [0.25, 0.3) is 11.0 Å². The maximum atomic E-state index is 11.1. The van der Waals surface area contributed by atoms with Crippen molar-refractivity contribution in [3.05, 3.63) is 29.6 Å². The van der Waals surface area contributed by atoms with Crippen LogP contribution in [0.15, 0.2) is 18.5 Å². The van der Waals surface area contributed by atoms with E-state index in [1.165, 1.54) is 0 Å². The van der Waals surface area contributed by atoms with Crippen LogP contribution >= 0.6 is 0 Å². The Labute approximate surface area is 104 Å². The van der Waals surface area contributed by atoms with Crippen LogP contribution in [0.4, 0.5) is 0 Å². The van der Waals surface area contributed by atoms with Crippen molar-refractivity contribution < 1.29 is 14.6 Å². The van der Waals surface area contributed by atoms with Crippen molar-refractivity contribution in [3.8, 4) is 0 Å². The molecule has 2 aromatic rings. The van der Waals surface area contributed by atoms with Crippen molar-refractivity contribution in [2.24, 2.45) is 0 Å². The molecule has 1 fully saturated rings. The molecule has 1 saturated heterocycles. The van der Waals surface area contributed by atoms with Crippen LogP contribution in [0.1, 0.15) is 22.3 Å². The Bertz CT molecular complexity index is 614. The minimum atomic E-state index is -0.901. The zero-order valence-electron chi connectivity index (χ0n) is 10.1. The Morgan fingerprint density at radius 2 is 2.39 bits per heavy atom. The van der Waals surface area contributed by atoms with Gasteiger partial charge in [0.15, 0.2) is 0 Å². The SMILES string of the molecule is Cc1cc2ncn(CC3CCO3)c2cc1C(=O)O. The fourth-order valence-electron chi connectivity index (χ4n) is 2.23. The second kappa shape index (κ2) is 4.10. The topological polar surface area (TPSA) is 64.4 Å². The predicted molar refractivity (Wildman–Crippen MR) is 65.8 cm³/mol. The highest BCUT2D eigenvalue weighted by Gasteiger charge is 2.20. The molecule has 0 radical (unpaired) electrons.